The Kier molecular flexibility index (Phi) is 3.69. The van der Waals surface area contributed by atoms with Crippen LogP contribution in [0.2, 0.25) is 0 Å². The molecule has 1 heterocycles. The van der Waals surface area contributed by atoms with Gasteiger partial charge in [-0.15, -0.1) is 0 Å². The van der Waals surface area contributed by atoms with Crippen molar-refractivity contribution in [1.82, 2.24) is 5.32 Å². The highest BCUT2D eigenvalue weighted by atomic mass is 16.5. The fourth-order valence-electron chi connectivity index (χ4n) is 2.58. The summed E-state index contributed by atoms with van der Waals surface area (Å²) in [6, 6.07) is 6.35. The minimum Gasteiger partial charge on any atom is -0.492 e. The summed E-state index contributed by atoms with van der Waals surface area (Å²) in [5.74, 6) is 1.04. The molecule has 1 atom stereocenters. The monoisotopic (exact) mass is 234 g/mol. The van der Waals surface area contributed by atoms with E-state index in [1.165, 1.54) is 11.1 Å². The number of nitrogens with one attached hydrogen (secondary N) is 1. The lowest BCUT2D eigenvalue weighted by Crippen LogP contribution is -2.31. The van der Waals surface area contributed by atoms with Crippen LogP contribution in [0.25, 0.3) is 0 Å². The summed E-state index contributed by atoms with van der Waals surface area (Å²) in [6.45, 7) is 4.65. The molecule has 0 aliphatic carbocycles. The van der Waals surface area contributed by atoms with Gasteiger partial charge in [0.15, 0.2) is 0 Å². The summed E-state index contributed by atoms with van der Waals surface area (Å²) in [5, 5.41) is 3.23. The summed E-state index contributed by atoms with van der Waals surface area (Å²) >= 11 is 0. The molecule has 17 heavy (non-hydrogen) atoms. The Bertz CT molecular complexity index is 392. The Morgan fingerprint density at radius 1 is 1.47 bits per heavy atom. The van der Waals surface area contributed by atoms with E-state index in [4.69, 9.17) is 10.5 Å². The van der Waals surface area contributed by atoms with Crippen molar-refractivity contribution in [2.45, 2.75) is 31.7 Å². The average Bonchev–Trinajstić information content (AvgIpc) is 2.75. The van der Waals surface area contributed by atoms with Gasteiger partial charge in [-0.25, -0.2) is 0 Å². The number of fused-ring (bicyclic) bond motifs is 1. The third-order valence-corrected chi connectivity index (χ3v) is 3.89. The summed E-state index contributed by atoms with van der Waals surface area (Å²) < 4.78 is 5.83. The number of hydrogen-bond donors (Lipinski definition) is 2. The maximum Gasteiger partial charge on any atom is 0.123 e. The van der Waals surface area contributed by atoms with Gasteiger partial charge in [-0.05, 0) is 38.1 Å². The first-order valence-electron chi connectivity index (χ1n) is 6.36. The van der Waals surface area contributed by atoms with Crippen molar-refractivity contribution >= 4 is 0 Å². The molecule has 0 saturated heterocycles. The zero-order valence-electron chi connectivity index (χ0n) is 10.8. The van der Waals surface area contributed by atoms with Crippen molar-refractivity contribution in [2.75, 3.05) is 20.2 Å². The van der Waals surface area contributed by atoms with E-state index in [1.54, 1.807) is 0 Å². The Labute approximate surface area is 103 Å². The Morgan fingerprint density at radius 3 is 2.94 bits per heavy atom. The lowest BCUT2D eigenvalue weighted by Gasteiger charge is -2.26. The summed E-state index contributed by atoms with van der Waals surface area (Å²) in [5.41, 5.74) is 8.43. The fourth-order valence-corrected chi connectivity index (χ4v) is 2.58. The molecular weight excluding hydrogens is 212 g/mol. The first-order chi connectivity index (χ1) is 8.25. The molecule has 0 radical (unpaired) electrons. The second-order valence-electron chi connectivity index (χ2n) is 4.81. The van der Waals surface area contributed by atoms with Crippen LogP contribution < -0.4 is 15.8 Å². The molecule has 1 aliphatic rings. The maximum absolute atomic E-state index is 5.83. The highest BCUT2D eigenvalue weighted by Gasteiger charge is 2.38. The van der Waals surface area contributed by atoms with Gasteiger partial charge in [-0.3, -0.25) is 0 Å². The van der Waals surface area contributed by atoms with Crippen molar-refractivity contribution in [3.05, 3.63) is 29.3 Å². The van der Waals surface area contributed by atoms with Gasteiger partial charge in [0.25, 0.3) is 0 Å². The average molecular weight is 234 g/mol. The normalized spacial score (nSPS) is 22.3. The van der Waals surface area contributed by atoms with E-state index >= 15 is 0 Å². The zero-order chi connectivity index (χ0) is 12.3. The standard InChI is InChI=1S/C14H22N2O/c1-3-14(6-7-16-2)10-17-13-5-4-11(9-15)8-12(13)14/h4-5,8,16H,3,6-7,9-10,15H2,1-2H3. The van der Waals surface area contributed by atoms with Crippen LogP contribution in [-0.2, 0) is 12.0 Å². The van der Waals surface area contributed by atoms with Crippen molar-refractivity contribution in [3.63, 3.8) is 0 Å². The van der Waals surface area contributed by atoms with Gasteiger partial charge in [0.1, 0.15) is 5.75 Å². The van der Waals surface area contributed by atoms with Crippen LogP contribution >= 0.6 is 0 Å². The molecule has 1 aromatic rings. The summed E-state index contributed by atoms with van der Waals surface area (Å²) in [6.07, 6.45) is 2.22. The molecule has 0 aromatic heterocycles. The van der Waals surface area contributed by atoms with Gasteiger partial charge in [-0.2, -0.15) is 0 Å². The predicted octanol–water partition coefficient (Wildman–Crippen LogP) is 1.79. The molecule has 0 bridgehead atoms. The van der Waals surface area contributed by atoms with E-state index in [-0.39, 0.29) is 5.41 Å². The van der Waals surface area contributed by atoms with Crippen LogP contribution in [0.5, 0.6) is 5.75 Å². The van der Waals surface area contributed by atoms with Crippen LogP contribution in [0.4, 0.5) is 0 Å². The van der Waals surface area contributed by atoms with Gasteiger partial charge < -0.3 is 15.8 Å². The number of hydrogen-bond acceptors (Lipinski definition) is 3. The summed E-state index contributed by atoms with van der Waals surface area (Å²) in [7, 11) is 2.00. The zero-order valence-corrected chi connectivity index (χ0v) is 10.8. The smallest absolute Gasteiger partial charge is 0.123 e. The molecule has 0 spiro atoms. The van der Waals surface area contributed by atoms with Gasteiger partial charge in [0.05, 0.1) is 6.61 Å². The number of rotatable bonds is 5. The van der Waals surface area contributed by atoms with Gasteiger partial charge in [-0.1, -0.05) is 19.1 Å². The molecule has 3 N–H and O–H groups in total. The molecule has 1 unspecified atom stereocenters. The van der Waals surface area contributed by atoms with Crippen molar-refractivity contribution in [1.29, 1.82) is 0 Å². The minimum absolute atomic E-state index is 0.170. The van der Waals surface area contributed by atoms with Crippen LogP contribution in [-0.4, -0.2) is 20.2 Å². The Balaban J connectivity index is 2.34. The Hall–Kier alpha value is -1.06. The number of benzene rings is 1. The molecule has 0 saturated carbocycles. The molecule has 1 aromatic carbocycles. The molecular formula is C14H22N2O. The Morgan fingerprint density at radius 2 is 2.29 bits per heavy atom. The molecule has 3 nitrogen and oxygen atoms in total. The van der Waals surface area contributed by atoms with Crippen molar-refractivity contribution < 1.29 is 4.74 Å². The van der Waals surface area contributed by atoms with Crippen molar-refractivity contribution in [2.24, 2.45) is 5.73 Å². The highest BCUT2D eigenvalue weighted by Crippen LogP contribution is 2.43. The largest absolute Gasteiger partial charge is 0.492 e. The lowest BCUT2D eigenvalue weighted by atomic mass is 9.76. The first-order valence-corrected chi connectivity index (χ1v) is 6.36. The van der Waals surface area contributed by atoms with E-state index in [1.807, 2.05) is 7.05 Å². The van der Waals surface area contributed by atoms with Crippen LogP contribution in [0.1, 0.15) is 30.9 Å². The minimum atomic E-state index is 0.170. The maximum atomic E-state index is 5.83. The SMILES string of the molecule is CCC1(CCNC)COc2ccc(CN)cc21. The predicted molar refractivity (Wildman–Crippen MR) is 70.3 cm³/mol. The molecule has 0 fully saturated rings. The van der Waals surface area contributed by atoms with Crippen molar-refractivity contribution in [3.8, 4) is 5.75 Å². The van der Waals surface area contributed by atoms with Crippen LogP contribution in [0.3, 0.4) is 0 Å². The van der Waals surface area contributed by atoms with E-state index in [9.17, 15) is 0 Å². The van der Waals surface area contributed by atoms with Gasteiger partial charge in [0.2, 0.25) is 0 Å². The highest BCUT2D eigenvalue weighted by molar-refractivity contribution is 5.46. The third kappa shape index (κ3) is 2.17. The molecule has 2 rings (SSSR count). The fraction of sp³-hybridized carbons (Fsp3) is 0.571. The second kappa shape index (κ2) is 5.07. The molecule has 0 amide bonds. The number of ether oxygens (including phenoxy) is 1. The summed E-state index contributed by atoms with van der Waals surface area (Å²) in [4.78, 5) is 0. The van der Waals surface area contributed by atoms with E-state index < -0.39 is 0 Å². The van der Waals surface area contributed by atoms with Gasteiger partial charge >= 0.3 is 0 Å². The van der Waals surface area contributed by atoms with E-state index in [2.05, 4.69) is 30.4 Å². The quantitative estimate of drug-likeness (QED) is 0.816. The lowest BCUT2D eigenvalue weighted by molar-refractivity contribution is 0.247. The van der Waals surface area contributed by atoms with E-state index in [0.717, 1.165) is 31.7 Å². The molecule has 94 valence electrons. The van der Waals surface area contributed by atoms with Gasteiger partial charge in [0, 0.05) is 17.5 Å². The third-order valence-electron chi connectivity index (χ3n) is 3.89. The number of nitrogens with two attached hydrogens (primary N) is 1. The van der Waals surface area contributed by atoms with Crippen LogP contribution in [0.15, 0.2) is 18.2 Å². The topological polar surface area (TPSA) is 47.3 Å². The molecule has 3 heteroatoms. The van der Waals surface area contributed by atoms with Crippen LogP contribution in [0, 0.1) is 0 Å². The molecule has 1 aliphatic heterocycles. The first kappa shape index (κ1) is 12.4. The second-order valence-corrected chi connectivity index (χ2v) is 4.81. The van der Waals surface area contributed by atoms with E-state index in [0.29, 0.717) is 6.54 Å².